The van der Waals surface area contributed by atoms with E-state index >= 15 is 0 Å². The molecule has 0 aromatic rings. The molecule has 0 fully saturated rings. The quantitative estimate of drug-likeness (QED) is 0.542. The van der Waals surface area contributed by atoms with Gasteiger partial charge in [0.1, 0.15) is 0 Å². The van der Waals surface area contributed by atoms with Gasteiger partial charge in [-0.15, -0.1) is 0 Å². The summed E-state index contributed by atoms with van der Waals surface area (Å²) < 4.78 is 0. The zero-order valence-corrected chi connectivity index (χ0v) is 12.4. The number of hydrogen-bond donors (Lipinski definition) is 0. The topological polar surface area (TPSA) is 0 Å². The molecule has 0 radical (unpaired) electrons. The molecule has 0 aromatic carbocycles. The second-order valence-electron chi connectivity index (χ2n) is 7.41. The first kappa shape index (κ1) is 15.5. The monoisotopic (exact) mass is 222 g/mol. The van der Waals surface area contributed by atoms with Gasteiger partial charge in [0.05, 0.1) is 0 Å². The van der Waals surface area contributed by atoms with E-state index in [1.165, 1.54) is 12.0 Å². The molecule has 0 aliphatic heterocycles. The van der Waals surface area contributed by atoms with Crippen LogP contribution in [0.25, 0.3) is 0 Å². The molecule has 0 saturated heterocycles. The Morgan fingerprint density at radius 3 is 1.94 bits per heavy atom. The molecule has 0 aliphatic rings. The summed E-state index contributed by atoms with van der Waals surface area (Å²) in [7, 11) is 0. The van der Waals surface area contributed by atoms with Gasteiger partial charge in [-0.2, -0.15) is 0 Å². The minimum Gasteiger partial charge on any atom is -0.0956 e. The summed E-state index contributed by atoms with van der Waals surface area (Å²) in [5.74, 6) is 0.580. The van der Waals surface area contributed by atoms with Crippen LogP contribution in [0.15, 0.2) is 24.3 Å². The van der Waals surface area contributed by atoms with Gasteiger partial charge in [0, 0.05) is 0 Å². The number of allylic oxidation sites excluding steroid dienone is 3. The van der Waals surface area contributed by atoms with E-state index in [9.17, 15) is 0 Å². The Hall–Kier alpha value is -0.520. The molecule has 0 nitrogen and oxygen atoms in total. The van der Waals surface area contributed by atoms with E-state index < -0.39 is 0 Å². The molecule has 94 valence electrons. The Labute approximate surface area is 103 Å². The van der Waals surface area contributed by atoms with Crippen LogP contribution in [0.4, 0.5) is 0 Å². The van der Waals surface area contributed by atoms with Crippen LogP contribution in [-0.2, 0) is 0 Å². The minimum atomic E-state index is 0.379. The van der Waals surface area contributed by atoms with Gasteiger partial charge in [-0.05, 0) is 29.6 Å². The summed E-state index contributed by atoms with van der Waals surface area (Å²) in [6.45, 7) is 20.1. The lowest BCUT2D eigenvalue weighted by atomic mass is 9.82. The van der Waals surface area contributed by atoms with Crippen LogP contribution < -0.4 is 0 Å². The van der Waals surface area contributed by atoms with Crippen molar-refractivity contribution < 1.29 is 0 Å². The van der Waals surface area contributed by atoms with Crippen LogP contribution in [0.5, 0.6) is 0 Å². The summed E-state index contributed by atoms with van der Waals surface area (Å²) in [6, 6.07) is 0. The second kappa shape index (κ2) is 5.70. The first-order chi connectivity index (χ1) is 7.01. The molecular weight excluding hydrogens is 192 g/mol. The summed E-state index contributed by atoms with van der Waals surface area (Å²) in [5, 5.41) is 0. The zero-order valence-electron chi connectivity index (χ0n) is 12.4. The lowest BCUT2D eigenvalue weighted by Gasteiger charge is -2.23. The maximum absolute atomic E-state index is 4.17. The summed E-state index contributed by atoms with van der Waals surface area (Å²) in [5.41, 5.74) is 2.03. The molecule has 1 unspecified atom stereocenters. The molecule has 0 spiro atoms. The first-order valence-electron chi connectivity index (χ1n) is 6.37. The van der Waals surface area contributed by atoms with Crippen molar-refractivity contribution in [3.8, 4) is 0 Å². The third-order valence-corrected chi connectivity index (χ3v) is 2.61. The van der Waals surface area contributed by atoms with Gasteiger partial charge in [-0.3, -0.25) is 0 Å². The van der Waals surface area contributed by atoms with Gasteiger partial charge in [0.2, 0.25) is 0 Å². The molecule has 0 aromatic heterocycles. The van der Waals surface area contributed by atoms with Gasteiger partial charge >= 0.3 is 0 Å². The fourth-order valence-electron chi connectivity index (χ4n) is 1.78. The average molecular weight is 222 g/mol. The molecule has 16 heavy (non-hydrogen) atoms. The normalized spacial score (nSPS) is 15.4. The maximum atomic E-state index is 4.17. The van der Waals surface area contributed by atoms with Crippen molar-refractivity contribution in [2.75, 3.05) is 0 Å². The molecule has 1 atom stereocenters. The van der Waals surface area contributed by atoms with Crippen LogP contribution in [0, 0.1) is 16.7 Å². The lowest BCUT2D eigenvalue weighted by Crippen LogP contribution is -2.11. The second-order valence-corrected chi connectivity index (χ2v) is 7.41. The predicted octanol–water partition coefficient (Wildman–Crippen LogP) is 5.61. The highest BCUT2D eigenvalue weighted by molar-refractivity contribution is 5.17. The first-order valence-corrected chi connectivity index (χ1v) is 6.37. The largest absolute Gasteiger partial charge is 0.0956 e. The molecule has 0 aliphatic carbocycles. The van der Waals surface area contributed by atoms with Crippen molar-refractivity contribution in [1.29, 1.82) is 0 Å². The standard InChI is InChI=1S/C16H30/c1-13(10-9-11-15(3,4)5)14(2)12-16(6,7)8/h9-10,14H,1,11-12H2,2-8H3. The third-order valence-electron chi connectivity index (χ3n) is 2.61. The lowest BCUT2D eigenvalue weighted by molar-refractivity contribution is 0.332. The van der Waals surface area contributed by atoms with Gasteiger partial charge in [0.15, 0.2) is 0 Å². The van der Waals surface area contributed by atoms with Crippen molar-refractivity contribution in [3.63, 3.8) is 0 Å². The van der Waals surface area contributed by atoms with Crippen molar-refractivity contribution in [2.24, 2.45) is 16.7 Å². The highest BCUT2D eigenvalue weighted by atomic mass is 14.2. The van der Waals surface area contributed by atoms with E-state index in [-0.39, 0.29) is 0 Å². The maximum Gasteiger partial charge on any atom is -0.0191 e. The molecule has 0 amide bonds. The molecule has 0 N–H and O–H groups in total. The fraction of sp³-hybridized carbons (Fsp3) is 0.750. The summed E-state index contributed by atoms with van der Waals surface area (Å²) in [4.78, 5) is 0. The molecule has 0 bridgehead atoms. The predicted molar refractivity (Wildman–Crippen MR) is 75.6 cm³/mol. The summed E-state index contributed by atoms with van der Waals surface area (Å²) >= 11 is 0. The molecule has 0 saturated carbocycles. The fourth-order valence-corrected chi connectivity index (χ4v) is 1.78. The molecule has 0 heteroatoms. The molecular formula is C16H30. The van der Waals surface area contributed by atoms with Crippen LogP contribution in [0.1, 0.15) is 61.3 Å². The van der Waals surface area contributed by atoms with Crippen LogP contribution in [-0.4, -0.2) is 0 Å². The van der Waals surface area contributed by atoms with Gasteiger partial charge in [0.25, 0.3) is 0 Å². The van der Waals surface area contributed by atoms with Gasteiger partial charge in [-0.25, -0.2) is 0 Å². The highest BCUT2D eigenvalue weighted by Gasteiger charge is 2.16. The molecule has 0 heterocycles. The average Bonchev–Trinajstić information content (AvgIpc) is 1.98. The minimum absolute atomic E-state index is 0.379. The number of rotatable bonds is 4. The Morgan fingerprint density at radius 2 is 1.56 bits per heavy atom. The van der Waals surface area contributed by atoms with E-state index in [1.807, 2.05) is 0 Å². The molecule has 0 rings (SSSR count). The summed E-state index contributed by atoms with van der Waals surface area (Å²) in [6.07, 6.45) is 6.79. The number of hydrogen-bond acceptors (Lipinski definition) is 0. The van der Waals surface area contributed by atoms with Crippen LogP contribution in [0.2, 0.25) is 0 Å². The van der Waals surface area contributed by atoms with E-state index in [0.717, 1.165) is 6.42 Å². The van der Waals surface area contributed by atoms with Crippen LogP contribution in [0.3, 0.4) is 0 Å². The van der Waals surface area contributed by atoms with Crippen LogP contribution >= 0.6 is 0 Å². The smallest absolute Gasteiger partial charge is 0.0191 e. The Balaban J connectivity index is 4.16. The third kappa shape index (κ3) is 8.76. The van der Waals surface area contributed by atoms with Gasteiger partial charge < -0.3 is 0 Å². The van der Waals surface area contributed by atoms with E-state index in [4.69, 9.17) is 0 Å². The van der Waals surface area contributed by atoms with E-state index in [2.05, 4.69) is 67.2 Å². The van der Waals surface area contributed by atoms with Crippen molar-refractivity contribution in [3.05, 3.63) is 24.3 Å². The van der Waals surface area contributed by atoms with Crippen molar-refractivity contribution >= 4 is 0 Å². The van der Waals surface area contributed by atoms with Crippen molar-refractivity contribution in [1.82, 2.24) is 0 Å². The zero-order chi connectivity index (χ0) is 13.0. The SMILES string of the molecule is C=C(C=CCC(C)(C)C)C(C)CC(C)(C)C. The highest BCUT2D eigenvalue weighted by Crippen LogP contribution is 2.28. The van der Waals surface area contributed by atoms with E-state index in [0.29, 0.717) is 16.7 Å². The Morgan fingerprint density at radius 1 is 1.06 bits per heavy atom. The van der Waals surface area contributed by atoms with Crippen molar-refractivity contribution in [2.45, 2.75) is 61.3 Å². The Bertz CT molecular complexity index is 242. The van der Waals surface area contributed by atoms with Gasteiger partial charge in [-0.1, -0.05) is 72.8 Å². The van der Waals surface area contributed by atoms with E-state index in [1.54, 1.807) is 0 Å². The Kier molecular flexibility index (Phi) is 5.52.